The minimum absolute atomic E-state index is 1.17. The minimum Gasteiger partial charge on any atom is -0.0755 e. The summed E-state index contributed by atoms with van der Waals surface area (Å²) in [5.41, 5.74) is 0. The van der Waals surface area contributed by atoms with E-state index in [2.05, 4.69) is 42.5 Å². The Labute approximate surface area is 59.1 Å². The molecule has 0 aromatic heterocycles. The number of hydrogen-bond donors (Lipinski definition) is 0. The smallest absolute Gasteiger partial charge is 0.0137 e. The molecule has 7 heavy (non-hydrogen) atoms. The molecule has 0 aromatic rings. The van der Waals surface area contributed by atoms with E-state index in [-0.39, 0.29) is 0 Å². The zero-order chi connectivity index (χ0) is 5.70. The van der Waals surface area contributed by atoms with E-state index in [4.69, 9.17) is 0 Å². The number of rotatable bonds is 2. The number of allylic oxidation sites excluding steroid dienone is 2. The van der Waals surface area contributed by atoms with Crippen LogP contribution in [0, 0.1) is 0 Å². The molecule has 0 atom stereocenters. The topological polar surface area (TPSA) is 0 Å². The summed E-state index contributed by atoms with van der Waals surface area (Å²) in [5.74, 6) is 0. The van der Waals surface area contributed by atoms with Crippen LogP contribution >= 0.6 is 22.6 Å². The molecule has 0 aliphatic rings. The van der Waals surface area contributed by atoms with Crippen molar-refractivity contribution in [1.82, 2.24) is 0 Å². The van der Waals surface area contributed by atoms with E-state index in [0.29, 0.717) is 0 Å². The fourth-order valence-corrected chi connectivity index (χ4v) is 0.806. The molecule has 0 fully saturated rings. The highest BCUT2D eigenvalue weighted by molar-refractivity contribution is 14.1. The van der Waals surface area contributed by atoms with Crippen LogP contribution in [0.3, 0.4) is 0 Å². The van der Waals surface area contributed by atoms with Crippen molar-refractivity contribution in [1.29, 1.82) is 0 Å². The summed E-state index contributed by atoms with van der Waals surface area (Å²) in [6, 6.07) is 0. The van der Waals surface area contributed by atoms with Crippen LogP contribution in [0.25, 0.3) is 0 Å². The summed E-state index contributed by atoms with van der Waals surface area (Å²) in [6.07, 6.45) is 4.61. The molecule has 0 saturated heterocycles. The van der Waals surface area contributed by atoms with E-state index >= 15 is 0 Å². The zero-order valence-corrected chi connectivity index (χ0v) is 7.03. The van der Waals surface area contributed by atoms with Gasteiger partial charge in [0, 0.05) is 0 Å². The van der Waals surface area contributed by atoms with Crippen molar-refractivity contribution < 1.29 is 0 Å². The highest BCUT2D eigenvalue weighted by Crippen LogP contribution is 2.09. The maximum absolute atomic E-state index is 2.37. The van der Waals surface area contributed by atoms with Gasteiger partial charge in [0.05, 0.1) is 0 Å². The van der Waals surface area contributed by atoms with E-state index < -0.39 is 0 Å². The molecule has 0 N–H and O–H groups in total. The van der Waals surface area contributed by atoms with Crippen LogP contribution in [-0.4, -0.2) is 0 Å². The lowest BCUT2D eigenvalue weighted by Gasteiger charge is -1.86. The first-order chi connectivity index (χ1) is 3.31. The molecule has 0 spiro atoms. The van der Waals surface area contributed by atoms with Crippen LogP contribution in [0.15, 0.2) is 9.66 Å². The molecule has 0 rings (SSSR count). The van der Waals surface area contributed by atoms with Gasteiger partial charge in [-0.25, -0.2) is 0 Å². The molecule has 1 heteroatoms. The van der Waals surface area contributed by atoms with Gasteiger partial charge in [0.2, 0.25) is 0 Å². The van der Waals surface area contributed by atoms with Gasteiger partial charge in [-0.2, -0.15) is 0 Å². The summed E-state index contributed by atoms with van der Waals surface area (Å²) < 4.78 is 1.47. The predicted molar refractivity (Wildman–Crippen MR) is 42.7 cm³/mol. The second-order valence-corrected chi connectivity index (χ2v) is 2.80. The Morgan fingerprint density at radius 2 is 2.14 bits per heavy atom. The average Bonchev–Trinajstić information content (AvgIpc) is 1.68. The Hall–Kier alpha value is 0.470. The van der Waals surface area contributed by atoms with Crippen LogP contribution in [0.5, 0.6) is 0 Å². The van der Waals surface area contributed by atoms with E-state index in [1.807, 2.05) is 0 Å². The summed E-state index contributed by atoms with van der Waals surface area (Å²) in [4.78, 5) is 0. The van der Waals surface area contributed by atoms with E-state index in [1.165, 1.54) is 16.4 Å². The van der Waals surface area contributed by atoms with Gasteiger partial charge >= 0.3 is 0 Å². The Morgan fingerprint density at radius 3 is 2.29 bits per heavy atom. The van der Waals surface area contributed by atoms with Crippen molar-refractivity contribution in [3.63, 3.8) is 0 Å². The molecule has 0 bridgehead atoms. The van der Waals surface area contributed by atoms with Crippen LogP contribution < -0.4 is 0 Å². The molecule has 0 heterocycles. The first-order valence-corrected chi connectivity index (χ1v) is 3.73. The van der Waals surface area contributed by atoms with Crippen LogP contribution in [0.1, 0.15) is 26.7 Å². The van der Waals surface area contributed by atoms with Crippen molar-refractivity contribution in [3.8, 4) is 0 Å². The number of halogens is 1. The summed E-state index contributed by atoms with van der Waals surface area (Å²) >= 11 is 2.37. The average molecular weight is 210 g/mol. The van der Waals surface area contributed by atoms with Gasteiger partial charge in [-0.15, -0.1) is 0 Å². The van der Waals surface area contributed by atoms with Gasteiger partial charge in [0.25, 0.3) is 0 Å². The molecular weight excluding hydrogens is 199 g/mol. The molecule has 0 amide bonds. The number of hydrogen-bond acceptors (Lipinski definition) is 0. The Bertz CT molecular complexity index is 64.6. The van der Waals surface area contributed by atoms with Crippen LogP contribution in [0.4, 0.5) is 0 Å². The van der Waals surface area contributed by atoms with Crippen LogP contribution in [0.2, 0.25) is 0 Å². The highest BCUT2D eigenvalue weighted by Gasteiger charge is 1.79. The first kappa shape index (κ1) is 7.47. The maximum Gasteiger partial charge on any atom is -0.0137 e. The highest BCUT2D eigenvalue weighted by atomic mass is 127. The second-order valence-electron chi connectivity index (χ2n) is 1.41. The largest absolute Gasteiger partial charge is 0.0755 e. The third kappa shape index (κ3) is 4.32. The predicted octanol–water partition coefficient (Wildman–Crippen LogP) is 3.13. The lowest BCUT2D eigenvalue weighted by Crippen LogP contribution is -1.62. The summed E-state index contributed by atoms with van der Waals surface area (Å²) in [7, 11) is 0. The molecule has 0 aliphatic carbocycles. The van der Waals surface area contributed by atoms with Crippen molar-refractivity contribution >= 4 is 22.6 Å². The fraction of sp³-hybridized carbons (Fsp3) is 0.667. The zero-order valence-electron chi connectivity index (χ0n) is 4.87. The normalized spacial score (nSPS) is 12.1. The molecule has 0 aliphatic heterocycles. The van der Waals surface area contributed by atoms with E-state index in [0.717, 1.165) is 0 Å². The van der Waals surface area contributed by atoms with Gasteiger partial charge in [0.1, 0.15) is 0 Å². The van der Waals surface area contributed by atoms with Crippen molar-refractivity contribution in [2.75, 3.05) is 0 Å². The van der Waals surface area contributed by atoms with Crippen molar-refractivity contribution in [2.45, 2.75) is 26.7 Å². The molecule has 0 aromatic carbocycles. The Balaban J connectivity index is 3.29. The van der Waals surface area contributed by atoms with Crippen LogP contribution in [-0.2, 0) is 0 Å². The summed E-state index contributed by atoms with van der Waals surface area (Å²) in [5, 5.41) is 0. The molecule has 0 nitrogen and oxygen atoms in total. The molecule has 0 radical (unpaired) electrons. The monoisotopic (exact) mass is 210 g/mol. The molecule has 42 valence electrons. The fourth-order valence-electron chi connectivity index (χ4n) is 0.366. The third-order valence-electron chi connectivity index (χ3n) is 0.763. The molecular formula is C6H11I. The standard InChI is InChI=1S/C6H11I/c1-3-5-6(7)4-2/h5H,3-4H2,1-2H3/b6-5-. The molecule has 0 saturated carbocycles. The van der Waals surface area contributed by atoms with Gasteiger partial charge in [-0.3, -0.25) is 0 Å². The molecule has 0 unspecified atom stereocenters. The van der Waals surface area contributed by atoms with Gasteiger partial charge in [-0.1, -0.05) is 19.9 Å². The van der Waals surface area contributed by atoms with Crippen molar-refractivity contribution in [3.05, 3.63) is 9.66 Å². The Kier molecular flexibility index (Phi) is 4.94. The SMILES string of the molecule is CC/C=C(\I)CC. The van der Waals surface area contributed by atoms with E-state index in [1.54, 1.807) is 0 Å². The summed E-state index contributed by atoms with van der Waals surface area (Å²) in [6.45, 7) is 4.34. The third-order valence-corrected chi connectivity index (χ3v) is 1.97. The van der Waals surface area contributed by atoms with Gasteiger partial charge < -0.3 is 0 Å². The quantitative estimate of drug-likeness (QED) is 0.614. The van der Waals surface area contributed by atoms with Gasteiger partial charge in [-0.05, 0) is 39.0 Å². The Morgan fingerprint density at radius 1 is 1.57 bits per heavy atom. The maximum atomic E-state index is 2.37. The lowest BCUT2D eigenvalue weighted by molar-refractivity contribution is 1.15. The second kappa shape index (κ2) is 4.62. The first-order valence-electron chi connectivity index (χ1n) is 2.65. The van der Waals surface area contributed by atoms with Gasteiger partial charge in [0.15, 0.2) is 0 Å². The van der Waals surface area contributed by atoms with E-state index in [9.17, 15) is 0 Å². The van der Waals surface area contributed by atoms with Crippen molar-refractivity contribution in [2.24, 2.45) is 0 Å². The minimum atomic E-state index is 1.17. The lowest BCUT2D eigenvalue weighted by atomic mass is 10.4.